The summed E-state index contributed by atoms with van der Waals surface area (Å²) < 4.78 is 6.19. The van der Waals surface area contributed by atoms with Gasteiger partial charge in [0.2, 0.25) is 0 Å². The monoisotopic (exact) mass is 493 g/mol. The third kappa shape index (κ3) is 6.18. The average Bonchev–Trinajstić information content (AvgIpc) is 3.29. The molecule has 0 spiro atoms. The van der Waals surface area contributed by atoms with Gasteiger partial charge in [-0.2, -0.15) is 0 Å². The molecule has 0 aliphatic carbocycles. The van der Waals surface area contributed by atoms with Crippen LogP contribution in [0.3, 0.4) is 0 Å². The first-order chi connectivity index (χ1) is 16.5. The number of aliphatic hydroxyl groups is 2. The third-order valence-electron chi connectivity index (χ3n) is 5.01. The minimum absolute atomic E-state index is 0.112. The van der Waals surface area contributed by atoms with E-state index in [9.17, 15) is 10.2 Å². The van der Waals surface area contributed by atoms with Crippen molar-refractivity contribution in [3.63, 3.8) is 0 Å². The molecule has 3 N–H and O–H groups in total. The molecule has 4 aromatic heterocycles. The van der Waals surface area contributed by atoms with Gasteiger partial charge < -0.3 is 0 Å². The van der Waals surface area contributed by atoms with Crippen molar-refractivity contribution in [2.75, 3.05) is 13.2 Å². The van der Waals surface area contributed by atoms with E-state index >= 15 is 0 Å². The van der Waals surface area contributed by atoms with E-state index < -0.39 is 5.41 Å². The Labute approximate surface area is 206 Å². The number of rotatable bonds is 9. The zero-order valence-corrected chi connectivity index (χ0v) is 20.4. The molecule has 11 heteroatoms. The molecule has 0 aliphatic heterocycles. The fourth-order valence-corrected chi connectivity index (χ4v) is 4.54. The second kappa shape index (κ2) is 11.0. The van der Waals surface area contributed by atoms with E-state index in [4.69, 9.17) is 4.74 Å². The molecule has 0 aromatic carbocycles. The molecule has 0 saturated carbocycles. The molecular weight excluding hydrogens is 469 g/mol. The van der Waals surface area contributed by atoms with Crippen LogP contribution in [0.5, 0.6) is 11.5 Å². The number of nitrogens with one attached hydrogen (secondary N) is 1. The zero-order valence-electron chi connectivity index (χ0n) is 18.8. The molecule has 0 unspecified atom stereocenters. The van der Waals surface area contributed by atoms with Gasteiger partial charge in [0.25, 0.3) is 0 Å². The zero-order chi connectivity index (χ0) is 24.0. The SMILES string of the molecule is Cc1ncccc1Oc1cc(Sc2ccccn2)cnc1/N=c1/[nH]c(CC(C)(CO)CO)bs1. The first kappa shape index (κ1) is 24.3. The number of aliphatic hydroxyl groups excluding tert-OH is 2. The number of nitrogens with zero attached hydrogens (tertiary/aromatic N) is 4. The number of aromatic amines is 1. The normalized spacial score (nSPS) is 12.1. The van der Waals surface area contributed by atoms with Crippen LogP contribution < -0.4 is 9.54 Å². The topological polar surface area (TPSA) is 117 Å². The molecule has 0 radical (unpaired) electrons. The predicted molar refractivity (Wildman–Crippen MR) is 133 cm³/mol. The van der Waals surface area contributed by atoms with Gasteiger partial charge >= 0.3 is 206 Å². The van der Waals surface area contributed by atoms with Gasteiger partial charge in [0.05, 0.1) is 0 Å². The molecule has 4 aromatic rings. The van der Waals surface area contributed by atoms with Gasteiger partial charge in [-0.25, -0.2) is 0 Å². The molecule has 174 valence electrons. The van der Waals surface area contributed by atoms with Crippen LogP contribution in [0.2, 0.25) is 0 Å². The Hall–Kier alpha value is -2.86. The summed E-state index contributed by atoms with van der Waals surface area (Å²) >= 11 is 2.91. The van der Waals surface area contributed by atoms with Crippen molar-refractivity contribution in [3.8, 4) is 11.5 Å². The number of hydrogen-bond acceptors (Lipinski definition) is 9. The van der Waals surface area contributed by atoms with E-state index in [-0.39, 0.29) is 13.2 Å². The van der Waals surface area contributed by atoms with Gasteiger partial charge in [0.15, 0.2) is 0 Å². The van der Waals surface area contributed by atoms with Crippen molar-refractivity contribution < 1.29 is 14.9 Å². The summed E-state index contributed by atoms with van der Waals surface area (Å²) in [6.07, 6.45) is 7.63. The Morgan fingerprint density at radius 1 is 1.12 bits per heavy atom. The van der Waals surface area contributed by atoms with Gasteiger partial charge in [-0.15, -0.1) is 0 Å². The fraction of sp³-hybridized carbons (Fsp3) is 0.261. The van der Waals surface area contributed by atoms with Crippen molar-refractivity contribution in [1.82, 2.24) is 19.9 Å². The first-order valence-electron chi connectivity index (χ1n) is 10.6. The molecule has 4 heterocycles. The number of aryl methyl sites for hydroxylation is 1. The summed E-state index contributed by atoms with van der Waals surface area (Å²) in [5.41, 5.74) is 1.03. The molecule has 0 fully saturated rings. The van der Waals surface area contributed by atoms with Gasteiger partial charge in [-0.05, 0) is 0 Å². The Morgan fingerprint density at radius 2 is 1.94 bits per heavy atom. The summed E-state index contributed by atoms with van der Waals surface area (Å²) in [5.74, 6) is 1.54. The standard InChI is InChI=1S/C23H24BN5O3S2/c1-15-17(6-5-9-25-15)32-18-10-16(33-20-7-3-4-8-26-20)12-27-21(18)29-22-28-19(24-34-22)11-23(2,13-30)14-31/h3-10,12,30-31H,11,13-14H2,1-2H3,(H,27,28,29). The second-order valence-electron chi connectivity index (χ2n) is 8.06. The van der Waals surface area contributed by atoms with E-state index in [2.05, 4.69) is 24.9 Å². The summed E-state index contributed by atoms with van der Waals surface area (Å²) in [5, 5.41) is 20.0. The maximum absolute atomic E-state index is 9.59. The van der Waals surface area contributed by atoms with Crippen LogP contribution in [0.1, 0.15) is 18.2 Å². The molecule has 0 bridgehead atoms. The molecule has 8 nitrogen and oxygen atoms in total. The molecular formula is C23H24BN5O3S2. The molecule has 4 rings (SSSR count). The van der Waals surface area contributed by atoms with E-state index in [1.54, 1.807) is 18.6 Å². The van der Waals surface area contributed by atoms with Crippen molar-refractivity contribution in [1.29, 1.82) is 0 Å². The first-order valence-corrected chi connectivity index (χ1v) is 12.3. The molecule has 0 saturated heterocycles. The molecule has 34 heavy (non-hydrogen) atoms. The van der Waals surface area contributed by atoms with Crippen LogP contribution in [-0.4, -0.2) is 49.5 Å². The summed E-state index contributed by atoms with van der Waals surface area (Å²) in [6.45, 7) is 3.49. The summed E-state index contributed by atoms with van der Waals surface area (Å²) in [4.78, 5) is 22.6. The van der Waals surface area contributed by atoms with E-state index in [0.29, 0.717) is 28.5 Å². The van der Waals surface area contributed by atoms with Crippen LogP contribution >= 0.6 is 22.9 Å². The predicted octanol–water partition coefficient (Wildman–Crippen LogP) is 3.62. The summed E-state index contributed by atoms with van der Waals surface area (Å²) in [6, 6.07) is 11.3. The van der Waals surface area contributed by atoms with Crippen LogP contribution in [0, 0.1) is 12.3 Å². The van der Waals surface area contributed by atoms with Gasteiger partial charge in [-0.3, -0.25) is 0 Å². The van der Waals surface area contributed by atoms with Crippen molar-refractivity contribution >= 4 is 34.9 Å². The number of hydrogen-bond donors (Lipinski definition) is 3. The van der Waals surface area contributed by atoms with Crippen molar-refractivity contribution in [2.24, 2.45) is 10.4 Å². The Morgan fingerprint density at radius 3 is 2.68 bits per heavy atom. The van der Waals surface area contributed by atoms with E-state index in [0.717, 1.165) is 21.2 Å². The third-order valence-corrected chi connectivity index (χ3v) is 6.74. The summed E-state index contributed by atoms with van der Waals surface area (Å²) in [7, 11) is 0. The van der Waals surface area contributed by atoms with Gasteiger partial charge in [-0.1, -0.05) is 0 Å². The van der Waals surface area contributed by atoms with Gasteiger partial charge in [0.1, 0.15) is 0 Å². The Kier molecular flexibility index (Phi) is 7.89. The quantitative estimate of drug-likeness (QED) is 0.326. The van der Waals surface area contributed by atoms with E-state index in [1.165, 1.54) is 22.9 Å². The van der Waals surface area contributed by atoms with Crippen molar-refractivity contribution in [3.05, 3.63) is 71.1 Å². The Balaban J connectivity index is 1.68. The van der Waals surface area contributed by atoms with Crippen molar-refractivity contribution in [2.45, 2.75) is 30.2 Å². The van der Waals surface area contributed by atoms with Gasteiger partial charge in [0, 0.05) is 0 Å². The second-order valence-corrected chi connectivity index (χ2v) is 10.0. The minimum atomic E-state index is -0.608. The average molecular weight is 493 g/mol. The number of H-pyrrole nitrogens is 1. The molecule has 0 aliphatic rings. The van der Waals surface area contributed by atoms with Crippen LogP contribution in [0.4, 0.5) is 5.82 Å². The number of pyridine rings is 3. The van der Waals surface area contributed by atoms with Crippen LogP contribution in [0.15, 0.2) is 69.9 Å². The molecule has 0 atom stereocenters. The number of aromatic nitrogens is 4. The maximum atomic E-state index is 9.59. The van der Waals surface area contributed by atoms with Crippen LogP contribution in [-0.2, 0) is 6.42 Å². The molecule has 0 amide bonds. The number of ether oxygens (including phenoxy) is 1. The fourth-order valence-electron chi connectivity index (χ4n) is 3.04. The Bertz CT molecular complexity index is 1310. The van der Waals surface area contributed by atoms with Crippen LogP contribution in [0.25, 0.3) is 0 Å². The van der Waals surface area contributed by atoms with E-state index in [1.807, 2.05) is 56.4 Å².